The Bertz CT molecular complexity index is 7640. The zero-order valence-electron chi connectivity index (χ0n) is 68.1. The quantitative estimate of drug-likeness (QED) is 0.0960. The number of para-hydroxylation sites is 4. The smallest absolute Gasteiger partial charge is 0.146 e. The molecule has 6 heteroatoms. The van der Waals surface area contributed by atoms with Crippen molar-refractivity contribution >= 4 is 88.5 Å². The standard InChI is InChI=1S/C116H82N6/c1-115(2)102-42-24-23-36-92(102)93-65-53-82(72-104(93)115)80-51-63-90(64-52-80)120(89-61-47-78(48-62-89)76-29-11-6-12-30-76)112-98-40-21-19-38-96(98)111(97-39-20-22-41-99(97)112)114-118-107-69-56-84(74-110(107)122(114)86-33-15-8-16-34-86)81-55-68-103-101(71-81)94-66-54-83(73-105(94)116(103,3)4)79-49-59-88(60-50-79)119(87-57-45-77(46-58-87)75-27-9-5-10-28-75)108-70-67-100(91-35-17-18-37-95(91)108)113-117-106-43-25-26-44-109(106)121(113)85-31-13-7-14-32-85/h5-74H,1-4H3. The zero-order valence-corrected chi connectivity index (χ0v) is 68.1. The molecule has 19 aromatic carbocycles. The van der Waals surface area contributed by atoms with E-state index in [1.807, 2.05) is 0 Å². The largest absolute Gasteiger partial charge is 0.310 e. The van der Waals surface area contributed by atoms with Gasteiger partial charge >= 0.3 is 0 Å². The maximum absolute atomic E-state index is 5.78. The molecule has 2 heterocycles. The Labute approximate surface area is 710 Å². The van der Waals surface area contributed by atoms with Gasteiger partial charge in [-0.2, -0.15) is 0 Å². The number of hydrogen-bond acceptors (Lipinski definition) is 4. The van der Waals surface area contributed by atoms with Gasteiger partial charge in [0.05, 0.1) is 33.4 Å². The molecule has 0 radical (unpaired) electrons. The molecule has 0 spiro atoms. The fourth-order valence-corrected chi connectivity index (χ4v) is 19.9. The molecule has 0 unspecified atom stereocenters. The van der Waals surface area contributed by atoms with Crippen LogP contribution in [0.25, 0.3) is 166 Å². The van der Waals surface area contributed by atoms with Gasteiger partial charge in [-0.25, -0.2) is 9.97 Å². The van der Waals surface area contributed by atoms with Crippen LogP contribution in [0, 0.1) is 0 Å². The average molecular weight is 1560 g/mol. The first-order chi connectivity index (χ1) is 60.0. The Morgan fingerprint density at radius 2 is 0.582 bits per heavy atom. The Kier molecular flexibility index (Phi) is 16.9. The van der Waals surface area contributed by atoms with Crippen molar-refractivity contribution in [3.05, 3.63) is 447 Å². The van der Waals surface area contributed by atoms with Crippen molar-refractivity contribution in [2.45, 2.75) is 38.5 Å². The highest BCUT2D eigenvalue weighted by Gasteiger charge is 2.38. The lowest BCUT2D eigenvalue weighted by molar-refractivity contribution is 0.660. The van der Waals surface area contributed by atoms with E-state index in [-0.39, 0.29) is 10.8 Å². The van der Waals surface area contributed by atoms with E-state index in [2.05, 4.69) is 471 Å². The molecular weight excluding hydrogens is 1480 g/mol. The van der Waals surface area contributed by atoms with Crippen LogP contribution in [-0.2, 0) is 10.8 Å². The fourth-order valence-electron chi connectivity index (χ4n) is 19.9. The molecule has 23 rings (SSSR count). The van der Waals surface area contributed by atoms with Crippen molar-refractivity contribution in [1.82, 2.24) is 19.1 Å². The van der Waals surface area contributed by atoms with Crippen LogP contribution in [0.1, 0.15) is 49.9 Å². The number of anilines is 6. The molecule has 2 aliphatic carbocycles. The fraction of sp³-hybridized carbons (Fsp3) is 0.0517. The predicted octanol–water partition coefficient (Wildman–Crippen LogP) is 31.0. The molecule has 0 saturated carbocycles. The molecule has 2 aliphatic rings. The predicted molar refractivity (Wildman–Crippen MR) is 511 cm³/mol. The minimum atomic E-state index is -0.268. The molecule has 21 aromatic rings. The normalized spacial score (nSPS) is 12.9. The summed E-state index contributed by atoms with van der Waals surface area (Å²) in [5.41, 5.74) is 36.5. The van der Waals surface area contributed by atoms with E-state index in [0.717, 1.165) is 145 Å². The summed E-state index contributed by atoms with van der Waals surface area (Å²) in [6, 6.07) is 156. The lowest BCUT2D eigenvalue weighted by atomic mass is 9.81. The number of rotatable bonds is 15. The van der Waals surface area contributed by atoms with Crippen LogP contribution in [0.4, 0.5) is 34.1 Å². The molecule has 0 fully saturated rings. The van der Waals surface area contributed by atoms with Crippen LogP contribution in [-0.4, -0.2) is 19.1 Å². The van der Waals surface area contributed by atoms with Crippen molar-refractivity contribution in [3.8, 4) is 112 Å². The van der Waals surface area contributed by atoms with Gasteiger partial charge in [0.15, 0.2) is 0 Å². The number of fused-ring (bicyclic) bond motifs is 11. The Morgan fingerprint density at radius 3 is 1.14 bits per heavy atom. The first kappa shape index (κ1) is 71.8. The van der Waals surface area contributed by atoms with E-state index in [0.29, 0.717) is 0 Å². The number of aromatic nitrogens is 4. The van der Waals surface area contributed by atoms with E-state index in [9.17, 15) is 0 Å². The molecule has 0 N–H and O–H groups in total. The molecule has 576 valence electrons. The summed E-state index contributed by atoms with van der Waals surface area (Å²) in [6.07, 6.45) is 0. The second-order valence-corrected chi connectivity index (χ2v) is 33.6. The van der Waals surface area contributed by atoms with E-state index in [4.69, 9.17) is 9.97 Å². The molecule has 6 nitrogen and oxygen atoms in total. The molecule has 122 heavy (non-hydrogen) atoms. The summed E-state index contributed by atoms with van der Waals surface area (Å²) in [5.74, 6) is 1.78. The molecule has 0 amide bonds. The monoisotopic (exact) mass is 1560 g/mol. The van der Waals surface area contributed by atoms with Gasteiger partial charge < -0.3 is 9.80 Å². The third-order valence-corrected chi connectivity index (χ3v) is 26.0. The van der Waals surface area contributed by atoms with Gasteiger partial charge in [-0.1, -0.05) is 325 Å². The number of hydrogen-bond donors (Lipinski definition) is 0. The number of imidazole rings is 2. The van der Waals surface area contributed by atoms with Crippen molar-refractivity contribution in [2.75, 3.05) is 9.80 Å². The van der Waals surface area contributed by atoms with E-state index >= 15 is 0 Å². The minimum Gasteiger partial charge on any atom is -0.310 e. The third kappa shape index (κ3) is 11.8. The maximum atomic E-state index is 5.78. The van der Waals surface area contributed by atoms with Gasteiger partial charge in [-0.3, -0.25) is 9.13 Å². The van der Waals surface area contributed by atoms with Crippen molar-refractivity contribution in [1.29, 1.82) is 0 Å². The summed E-state index contributed by atoms with van der Waals surface area (Å²) in [4.78, 5) is 16.0. The maximum Gasteiger partial charge on any atom is 0.146 e. The second kappa shape index (κ2) is 28.7. The number of nitrogens with zero attached hydrogens (tertiary/aromatic N) is 6. The first-order valence-corrected chi connectivity index (χ1v) is 42.3. The van der Waals surface area contributed by atoms with Gasteiger partial charge in [-0.15, -0.1) is 0 Å². The average Bonchev–Trinajstić information content (AvgIpc) is 1.42. The molecule has 0 saturated heterocycles. The van der Waals surface area contributed by atoms with Crippen molar-refractivity contribution in [2.24, 2.45) is 0 Å². The van der Waals surface area contributed by atoms with E-state index in [1.165, 1.54) is 77.9 Å². The minimum absolute atomic E-state index is 0.108. The van der Waals surface area contributed by atoms with Gasteiger partial charge in [-0.05, 0) is 244 Å². The Morgan fingerprint density at radius 1 is 0.221 bits per heavy atom. The zero-order chi connectivity index (χ0) is 81.3. The summed E-state index contributed by atoms with van der Waals surface area (Å²) in [6.45, 7) is 9.49. The summed E-state index contributed by atoms with van der Waals surface area (Å²) in [5, 5.41) is 6.69. The Balaban J connectivity index is 0.602. The summed E-state index contributed by atoms with van der Waals surface area (Å²) in [7, 11) is 0. The first-order valence-electron chi connectivity index (χ1n) is 42.3. The highest BCUT2D eigenvalue weighted by Crippen LogP contribution is 2.55. The van der Waals surface area contributed by atoms with Crippen LogP contribution in [0.2, 0.25) is 0 Å². The lowest BCUT2D eigenvalue weighted by Crippen LogP contribution is -2.15. The van der Waals surface area contributed by atoms with E-state index < -0.39 is 0 Å². The van der Waals surface area contributed by atoms with Crippen molar-refractivity contribution in [3.63, 3.8) is 0 Å². The van der Waals surface area contributed by atoms with Crippen molar-refractivity contribution < 1.29 is 0 Å². The van der Waals surface area contributed by atoms with Crippen LogP contribution in [0.5, 0.6) is 0 Å². The van der Waals surface area contributed by atoms with E-state index in [1.54, 1.807) is 0 Å². The van der Waals surface area contributed by atoms with Crippen LogP contribution in [0.3, 0.4) is 0 Å². The molecule has 2 aromatic heterocycles. The topological polar surface area (TPSA) is 42.1 Å². The van der Waals surface area contributed by atoms with Gasteiger partial charge in [0.1, 0.15) is 11.6 Å². The molecule has 0 bridgehead atoms. The molecule has 0 atom stereocenters. The molecular formula is C116H82N6. The SMILES string of the molecule is CC1(C)c2ccccc2-c2ccc(-c3ccc(N(c4ccc(-c5ccccc5)cc4)c4c5ccccc5c(-c5nc6ccc(-c7ccc8c(c7)-c7ccc(-c9ccc(N(c%10ccc(-c%11ccccc%11)cc%10)c%10ccc(-c%11nc%12ccccc%12n%11-c%11ccccc%11)c%11ccccc%10%11)cc9)cc7C8(C)C)cc6n5-c5ccccc5)c5ccccc45)cc3)cc21. The Hall–Kier alpha value is -15.5. The van der Waals surface area contributed by atoms with Gasteiger partial charge in [0.25, 0.3) is 0 Å². The van der Waals surface area contributed by atoms with Gasteiger partial charge in [0, 0.05) is 72.2 Å². The lowest BCUT2D eigenvalue weighted by Gasteiger charge is -2.30. The number of benzene rings is 19. The van der Waals surface area contributed by atoms with Crippen LogP contribution >= 0.6 is 0 Å². The van der Waals surface area contributed by atoms with Crippen LogP contribution in [0.15, 0.2) is 425 Å². The third-order valence-electron chi connectivity index (χ3n) is 26.0. The highest BCUT2D eigenvalue weighted by atomic mass is 15.2. The summed E-state index contributed by atoms with van der Waals surface area (Å²) >= 11 is 0. The van der Waals surface area contributed by atoms with Crippen LogP contribution < -0.4 is 9.80 Å². The summed E-state index contributed by atoms with van der Waals surface area (Å²) < 4.78 is 4.69. The van der Waals surface area contributed by atoms with Gasteiger partial charge in [0.2, 0.25) is 0 Å². The second-order valence-electron chi connectivity index (χ2n) is 33.6. The highest BCUT2D eigenvalue weighted by molar-refractivity contribution is 6.22. The molecule has 0 aliphatic heterocycles.